The molecule has 0 atom stereocenters. The Bertz CT molecular complexity index is 187. The van der Waals surface area contributed by atoms with E-state index in [1.54, 1.807) is 0 Å². The fraction of sp³-hybridized carbons (Fsp3) is 0.917. The van der Waals surface area contributed by atoms with Crippen molar-refractivity contribution in [3.63, 3.8) is 0 Å². The van der Waals surface area contributed by atoms with Gasteiger partial charge in [0.2, 0.25) is 5.91 Å². The topological polar surface area (TPSA) is 32.3 Å². The first kappa shape index (κ1) is 15.7. The highest BCUT2D eigenvalue weighted by Gasteiger charge is 2.17. The van der Waals surface area contributed by atoms with Crippen molar-refractivity contribution < 1.29 is 4.79 Å². The summed E-state index contributed by atoms with van der Waals surface area (Å²) < 4.78 is 0. The molecule has 1 saturated heterocycles. The second kappa shape index (κ2) is 8.82. The molecule has 0 saturated carbocycles. The highest BCUT2D eigenvalue weighted by Crippen LogP contribution is 2.14. The lowest BCUT2D eigenvalue weighted by atomic mass is 9.99. The maximum absolute atomic E-state index is 12.0. The van der Waals surface area contributed by atoms with E-state index in [9.17, 15) is 4.79 Å². The van der Waals surface area contributed by atoms with E-state index in [-0.39, 0.29) is 12.4 Å². The van der Waals surface area contributed by atoms with Crippen LogP contribution in [-0.4, -0.2) is 37.0 Å². The number of nitrogens with zero attached hydrogens (tertiary/aromatic N) is 1. The Morgan fingerprint density at radius 1 is 1.25 bits per heavy atom. The van der Waals surface area contributed by atoms with Gasteiger partial charge in [-0.05, 0) is 18.9 Å². The van der Waals surface area contributed by atoms with Gasteiger partial charge in [0.15, 0.2) is 0 Å². The lowest BCUT2D eigenvalue weighted by Crippen LogP contribution is -2.35. The van der Waals surface area contributed by atoms with Crippen molar-refractivity contribution in [2.45, 2.75) is 39.5 Å². The SMILES string of the molecule is CCC(CC)CC(=O)N1CCCNCC1.Cl. The average Bonchev–Trinajstić information content (AvgIpc) is 2.54. The number of carbonyl (C=O) groups excluding carboxylic acids is 1. The molecule has 0 aliphatic carbocycles. The molecule has 1 fully saturated rings. The number of hydrogen-bond donors (Lipinski definition) is 1. The third-order valence-corrected chi connectivity index (χ3v) is 3.31. The number of amides is 1. The van der Waals surface area contributed by atoms with Crippen LogP contribution in [0, 0.1) is 5.92 Å². The molecule has 96 valence electrons. The summed E-state index contributed by atoms with van der Waals surface area (Å²) in [5, 5.41) is 3.32. The number of nitrogens with one attached hydrogen (secondary N) is 1. The molecule has 1 amide bonds. The van der Waals surface area contributed by atoms with Crippen LogP contribution in [0.4, 0.5) is 0 Å². The Hall–Kier alpha value is -0.280. The summed E-state index contributed by atoms with van der Waals surface area (Å²) in [6.07, 6.45) is 4.07. The van der Waals surface area contributed by atoms with Crippen molar-refractivity contribution in [2.24, 2.45) is 5.92 Å². The van der Waals surface area contributed by atoms with E-state index in [0.29, 0.717) is 11.8 Å². The van der Waals surface area contributed by atoms with E-state index < -0.39 is 0 Å². The maximum Gasteiger partial charge on any atom is 0.222 e. The average molecular weight is 249 g/mol. The van der Waals surface area contributed by atoms with E-state index in [1.165, 1.54) is 0 Å². The van der Waals surface area contributed by atoms with Crippen molar-refractivity contribution in [3.05, 3.63) is 0 Å². The minimum absolute atomic E-state index is 0. The van der Waals surface area contributed by atoms with Crippen molar-refractivity contribution in [3.8, 4) is 0 Å². The minimum Gasteiger partial charge on any atom is -0.341 e. The predicted molar refractivity (Wildman–Crippen MR) is 70.0 cm³/mol. The second-order valence-electron chi connectivity index (χ2n) is 4.37. The molecule has 0 bridgehead atoms. The van der Waals surface area contributed by atoms with E-state index in [4.69, 9.17) is 0 Å². The van der Waals surface area contributed by atoms with Gasteiger partial charge in [0.05, 0.1) is 0 Å². The molecule has 0 aromatic heterocycles. The Morgan fingerprint density at radius 2 is 1.94 bits per heavy atom. The van der Waals surface area contributed by atoms with Crippen LogP contribution in [0.2, 0.25) is 0 Å². The lowest BCUT2D eigenvalue weighted by Gasteiger charge is -2.22. The molecule has 1 aliphatic rings. The summed E-state index contributed by atoms with van der Waals surface area (Å²) >= 11 is 0. The largest absolute Gasteiger partial charge is 0.341 e. The van der Waals surface area contributed by atoms with Gasteiger partial charge in [0.25, 0.3) is 0 Å². The van der Waals surface area contributed by atoms with Gasteiger partial charge in [-0.3, -0.25) is 4.79 Å². The molecule has 0 unspecified atom stereocenters. The molecule has 0 aromatic rings. The first-order valence-electron chi connectivity index (χ1n) is 6.26. The Morgan fingerprint density at radius 3 is 2.56 bits per heavy atom. The van der Waals surface area contributed by atoms with E-state index >= 15 is 0 Å². The first-order valence-corrected chi connectivity index (χ1v) is 6.26. The second-order valence-corrected chi connectivity index (χ2v) is 4.37. The molecular weight excluding hydrogens is 224 g/mol. The van der Waals surface area contributed by atoms with Gasteiger partial charge in [-0.2, -0.15) is 0 Å². The molecule has 0 aromatic carbocycles. The van der Waals surface area contributed by atoms with Crippen LogP contribution in [0.25, 0.3) is 0 Å². The van der Waals surface area contributed by atoms with Crippen LogP contribution in [0.5, 0.6) is 0 Å². The third kappa shape index (κ3) is 5.17. The van der Waals surface area contributed by atoms with Crippen molar-refractivity contribution >= 4 is 18.3 Å². The molecule has 4 heteroatoms. The quantitative estimate of drug-likeness (QED) is 0.826. The van der Waals surface area contributed by atoms with Crippen molar-refractivity contribution in [2.75, 3.05) is 26.2 Å². The number of halogens is 1. The third-order valence-electron chi connectivity index (χ3n) is 3.31. The van der Waals surface area contributed by atoms with Crippen LogP contribution in [0.15, 0.2) is 0 Å². The Balaban J connectivity index is 0.00000225. The van der Waals surface area contributed by atoms with Crippen LogP contribution in [0.1, 0.15) is 39.5 Å². The summed E-state index contributed by atoms with van der Waals surface area (Å²) in [5.41, 5.74) is 0. The summed E-state index contributed by atoms with van der Waals surface area (Å²) in [5.74, 6) is 0.932. The fourth-order valence-corrected chi connectivity index (χ4v) is 2.05. The van der Waals surface area contributed by atoms with Crippen LogP contribution in [0.3, 0.4) is 0 Å². The number of carbonyl (C=O) groups is 1. The first-order chi connectivity index (χ1) is 7.27. The highest BCUT2D eigenvalue weighted by atomic mass is 35.5. The van der Waals surface area contributed by atoms with Gasteiger partial charge in [-0.25, -0.2) is 0 Å². The molecule has 3 nitrogen and oxygen atoms in total. The van der Waals surface area contributed by atoms with Crippen molar-refractivity contribution in [1.29, 1.82) is 0 Å². The van der Waals surface area contributed by atoms with Gasteiger partial charge in [0, 0.05) is 26.1 Å². The molecule has 0 spiro atoms. The molecule has 1 heterocycles. The molecule has 1 rings (SSSR count). The summed E-state index contributed by atoms with van der Waals surface area (Å²) in [4.78, 5) is 14.0. The number of rotatable bonds is 4. The summed E-state index contributed by atoms with van der Waals surface area (Å²) in [6, 6.07) is 0. The van der Waals surface area contributed by atoms with Crippen molar-refractivity contribution in [1.82, 2.24) is 10.2 Å². The molecular formula is C12H25ClN2O. The molecule has 1 aliphatic heterocycles. The Labute approximate surface area is 105 Å². The summed E-state index contributed by atoms with van der Waals surface area (Å²) in [6.45, 7) is 8.17. The van der Waals surface area contributed by atoms with Gasteiger partial charge in [-0.1, -0.05) is 26.7 Å². The molecule has 1 N–H and O–H groups in total. The minimum atomic E-state index is 0. The molecule has 16 heavy (non-hydrogen) atoms. The fourth-order valence-electron chi connectivity index (χ4n) is 2.05. The monoisotopic (exact) mass is 248 g/mol. The zero-order valence-electron chi connectivity index (χ0n) is 10.5. The lowest BCUT2D eigenvalue weighted by molar-refractivity contribution is -0.132. The van der Waals surface area contributed by atoms with Gasteiger partial charge < -0.3 is 10.2 Å². The summed E-state index contributed by atoms with van der Waals surface area (Å²) in [7, 11) is 0. The normalized spacial score (nSPS) is 16.8. The van der Waals surface area contributed by atoms with E-state index in [0.717, 1.165) is 51.9 Å². The highest BCUT2D eigenvalue weighted by molar-refractivity contribution is 5.85. The number of hydrogen-bond acceptors (Lipinski definition) is 2. The predicted octanol–water partition coefficient (Wildman–Crippen LogP) is 2.06. The van der Waals surface area contributed by atoms with Gasteiger partial charge >= 0.3 is 0 Å². The zero-order chi connectivity index (χ0) is 11.1. The van der Waals surface area contributed by atoms with Gasteiger partial charge in [0.1, 0.15) is 0 Å². The van der Waals surface area contributed by atoms with E-state index in [1.807, 2.05) is 4.90 Å². The maximum atomic E-state index is 12.0. The van der Waals surface area contributed by atoms with E-state index in [2.05, 4.69) is 19.2 Å². The van der Waals surface area contributed by atoms with Crippen LogP contribution < -0.4 is 5.32 Å². The Kier molecular flexibility index (Phi) is 8.67. The van der Waals surface area contributed by atoms with Gasteiger partial charge in [-0.15, -0.1) is 12.4 Å². The standard InChI is InChI=1S/C12H24N2O.ClH/c1-3-11(4-2)10-12(15)14-8-5-6-13-7-9-14;/h11,13H,3-10H2,1-2H3;1H. The zero-order valence-corrected chi connectivity index (χ0v) is 11.3. The van der Waals surface area contributed by atoms with Crippen LogP contribution in [-0.2, 0) is 4.79 Å². The van der Waals surface area contributed by atoms with Crippen LogP contribution >= 0.6 is 12.4 Å². The molecule has 0 radical (unpaired) electrons. The smallest absolute Gasteiger partial charge is 0.222 e.